The summed E-state index contributed by atoms with van der Waals surface area (Å²) in [4.78, 5) is 8.05. The molecule has 0 aliphatic carbocycles. The zero-order valence-corrected chi connectivity index (χ0v) is 14.3. The second-order valence-electron chi connectivity index (χ2n) is 5.72. The molecule has 0 spiro atoms. The Hall–Kier alpha value is -1.64. The lowest BCUT2D eigenvalue weighted by Gasteiger charge is -2.28. The van der Waals surface area contributed by atoms with Crippen LogP contribution >= 0.6 is 11.6 Å². The van der Waals surface area contributed by atoms with Gasteiger partial charge in [-0.1, -0.05) is 11.6 Å². The Labute approximate surface area is 140 Å². The summed E-state index contributed by atoms with van der Waals surface area (Å²) in [5.41, 5.74) is 5.71. The summed E-state index contributed by atoms with van der Waals surface area (Å²) >= 11 is 5.85. The minimum atomic E-state index is -3.72. The molecule has 0 aromatic carbocycles. The first-order chi connectivity index (χ1) is 10.9. The number of nitrogens with zero attached hydrogens (tertiary/aromatic N) is 4. The van der Waals surface area contributed by atoms with Crippen molar-refractivity contribution in [3.05, 3.63) is 35.5 Å². The zero-order chi connectivity index (χ0) is 16.6. The highest BCUT2D eigenvalue weighted by Gasteiger charge is 2.28. The van der Waals surface area contributed by atoms with Crippen LogP contribution in [-0.2, 0) is 23.0 Å². The lowest BCUT2D eigenvalue weighted by Crippen LogP contribution is -2.35. The molecule has 3 heterocycles. The molecule has 9 heteroatoms. The van der Waals surface area contributed by atoms with Gasteiger partial charge >= 0.3 is 0 Å². The molecule has 7 nitrogen and oxygen atoms in total. The first-order valence-electron chi connectivity index (χ1n) is 7.25. The molecule has 23 heavy (non-hydrogen) atoms. The van der Waals surface area contributed by atoms with E-state index < -0.39 is 10.0 Å². The molecule has 0 fully saturated rings. The Morgan fingerprint density at radius 3 is 3.04 bits per heavy atom. The summed E-state index contributed by atoms with van der Waals surface area (Å²) in [5, 5.41) is 0.242. The van der Waals surface area contributed by atoms with Crippen LogP contribution in [0.2, 0.25) is 5.02 Å². The number of fused-ring (bicyclic) bond motifs is 1. The molecule has 0 radical (unpaired) electrons. The zero-order valence-electron chi connectivity index (χ0n) is 12.7. The number of rotatable bonds is 4. The fourth-order valence-electron chi connectivity index (χ4n) is 2.85. The maximum Gasteiger partial charge on any atom is 0.246 e. The summed E-state index contributed by atoms with van der Waals surface area (Å²) < 4.78 is 28.8. The molecule has 1 atom stereocenters. The summed E-state index contributed by atoms with van der Waals surface area (Å²) in [6.45, 7) is 1.17. The van der Waals surface area contributed by atoms with E-state index in [1.54, 1.807) is 13.2 Å². The number of aromatic nitrogens is 3. The van der Waals surface area contributed by atoms with E-state index >= 15 is 0 Å². The van der Waals surface area contributed by atoms with Gasteiger partial charge in [0.25, 0.3) is 0 Å². The molecule has 2 aromatic heterocycles. The van der Waals surface area contributed by atoms with E-state index in [0.717, 1.165) is 25.2 Å². The van der Waals surface area contributed by atoms with Gasteiger partial charge in [-0.3, -0.25) is 0 Å². The first-order valence-corrected chi connectivity index (χ1v) is 9.07. The third kappa shape index (κ3) is 3.19. The second kappa shape index (κ2) is 6.10. The van der Waals surface area contributed by atoms with E-state index in [0.29, 0.717) is 6.54 Å². The van der Waals surface area contributed by atoms with Gasteiger partial charge in [-0.2, -0.15) is 0 Å². The average Bonchev–Trinajstić information content (AvgIpc) is 2.97. The van der Waals surface area contributed by atoms with E-state index in [2.05, 4.69) is 14.5 Å². The van der Waals surface area contributed by atoms with Crippen molar-refractivity contribution in [1.82, 2.24) is 18.8 Å². The lowest BCUT2D eigenvalue weighted by molar-refractivity contribution is 0.303. The summed E-state index contributed by atoms with van der Waals surface area (Å²) in [5.74, 6) is 1.24. The third-order valence-electron chi connectivity index (χ3n) is 4.08. The maximum atomic E-state index is 12.7. The van der Waals surface area contributed by atoms with Crippen LogP contribution in [0.25, 0.3) is 0 Å². The van der Waals surface area contributed by atoms with Crippen molar-refractivity contribution in [2.24, 2.45) is 5.92 Å². The normalized spacial score (nSPS) is 18.1. The van der Waals surface area contributed by atoms with Crippen LogP contribution in [0.1, 0.15) is 12.2 Å². The van der Waals surface area contributed by atoms with Crippen molar-refractivity contribution in [3.63, 3.8) is 0 Å². The minimum Gasteiger partial charge on any atom is -0.383 e. The van der Waals surface area contributed by atoms with Crippen LogP contribution < -0.4 is 5.73 Å². The van der Waals surface area contributed by atoms with Gasteiger partial charge in [0.05, 0.1) is 5.02 Å². The average molecular weight is 356 g/mol. The number of hydrogen-bond donors (Lipinski definition) is 1. The fourth-order valence-corrected chi connectivity index (χ4v) is 4.41. The van der Waals surface area contributed by atoms with Crippen molar-refractivity contribution in [2.45, 2.75) is 24.3 Å². The third-order valence-corrected chi connectivity index (χ3v) is 6.14. The quantitative estimate of drug-likeness (QED) is 0.894. The fraction of sp³-hybridized carbons (Fsp3) is 0.429. The predicted molar refractivity (Wildman–Crippen MR) is 87.5 cm³/mol. The van der Waals surface area contributed by atoms with E-state index in [1.807, 2.05) is 6.20 Å². The van der Waals surface area contributed by atoms with Crippen molar-refractivity contribution in [1.29, 1.82) is 0 Å². The first kappa shape index (κ1) is 16.2. The Bertz CT molecular complexity index is 820. The molecular formula is C14H18ClN5O2S. The highest BCUT2D eigenvalue weighted by atomic mass is 35.5. The molecule has 2 aromatic rings. The van der Waals surface area contributed by atoms with Gasteiger partial charge in [0.1, 0.15) is 16.5 Å². The van der Waals surface area contributed by atoms with E-state index in [9.17, 15) is 8.42 Å². The SMILES string of the molecule is CN(C[C@H]1CCc2nccn2C1)S(=O)(=O)c1cc(Cl)cnc1N. The molecule has 124 valence electrons. The van der Waals surface area contributed by atoms with Gasteiger partial charge in [-0.05, 0) is 18.4 Å². The largest absolute Gasteiger partial charge is 0.383 e. The Morgan fingerprint density at radius 1 is 1.48 bits per heavy atom. The van der Waals surface area contributed by atoms with Gasteiger partial charge < -0.3 is 10.3 Å². The number of anilines is 1. The minimum absolute atomic E-state index is 0.0400. The molecule has 3 rings (SSSR count). The molecule has 0 amide bonds. The molecule has 0 bridgehead atoms. The van der Waals surface area contributed by atoms with E-state index in [4.69, 9.17) is 17.3 Å². The number of pyridine rings is 1. The monoisotopic (exact) mass is 355 g/mol. The number of halogens is 1. The van der Waals surface area contributed by atoms with Gasteiger partial charge in [0, 0.05) is 45.1 Å². The Morgan fingerprint density at radius 2 is 2.26 bits per heavy atom. The van der Waals surface area contributed by atoms with Crippen LogP contribution in [0.4, 0.5) is 5.82 Å². The highest BCUT2D eigenvalue weighted by molar-refractivity contribution is 7.89. The number of imidazole rings is 1. The highest BCUT2D eigenvalue weighted by Crippen LogP contribution is 2.25. The van der Waals surface area contributed by atoms with Crippen molar-refractivity contribution in [2.75, 3.05) is 19.3 Å². The van der Waals surface area contributed by atoms with Crippen LogP contribution in [0.5, 0.6) is 0 Å². The van der Waals surface area contributed by atoms with Crippen LogP contribution in [0.3, 0.4) is 0 Å². The number of sulfonamides is 1. The number of hydrogen-bond acceptors (Lipinski definition) is 5. The molecular weight excluding hydrogens is 338 g/mol. The predicted octanol–water partition coefficient (Wildman–Crippen LogP) is 1.40. The standard InChI is InChI=1S/C14H18ClN5O2S/c1-19(8-10-2-3-13-17-4-5-20(13)9-10)23(21,22)12-6-11(15)7-18-14(12)16/h4-7,10H,2-3,8-9H2,1H3,(H2,16,18)/t10-/m1/s1. The van der Waals surface area contributed by atoms with Crippen LogP contribution in [0.15, 0.2) is 29.6 Å². The molecule has 2 N–H and O–H groups in total. The Balaban J connectivity index is 1.77. The number of nitrogen functional groups attached to an aromatic ring is 1. The van der Waals surface area contributed by atoms with E-state index in [-0.39, 0.29) is 21.7 Å². The summed E-state index contributed by atoms with van der Waals surface area (Å²) in [6.07, 6.45) is 6.79. The smallest absolute Gasteiger partial charge is 0.246 e. The second-order valence-corrected chi connectivity index (χ2v) is 8.17. The lowest BCUT2D eigenvalue weighted by atomic mass is 10.00. The maximum absolute atomic E-state index is 12.7. The molecule has 0 saturated heterocycles. The molecule has 1 aliphatic heterocycles. The molecule has 1 aliphatic rings. The van der Waals surface area contributed by atoms with Gasteiger partial charge in [-0.15, -0.1) is 0 Å². The number of aryl methyl sites for hydroxylation is 1. The van der Waals surface area contributed by atoms with E-state index in [1.165, 1.54) is 16.6 Å². The Kier molecular flexibility index (Phi) is 4.31. The summed E-state index contributed by atoms with van der Waals surface area (Å²) in [7, 11) is -2.16. The topological polar surface area (TPSA) is 94.1 Å². The number of nitrogens with two attached hydrogens (primary N) is 1. The van der Waals surface area contributed by atoms with Crippen molar-refractivity contribution < 1.29 is 8.42 Å². The van der Waals surface area contributed by atoms with Gasteiger partial charge in [0.2, 0.25) is 10.0 Å². The van der Waals surface area contributed by atoms with Crippen LogP contribution in [-0.4, -0.2) is 40.9 Å². The van der Waals surface area contributed by atoms with Crippen LogP contribution in [0, 0.1) is 5.92 Å². The molecule has 0 unspecified atom stereocenters. The van der Waals surface area contributed by atoms with Gasteiger partial charge in [-0.25, -0.2) is 22.7 Å². The summed E-state index contributed by atoms with van der Waals surface area (Å²) in [6, 6.07) is 1.34. The van der Waals surface area contributed by atoms with Gasteiger partial charge in [0.15, 0.2) is 0 Å². The van der Waals surface area contributed by atoms with Crippen molar-refractivity contribution in [3.8, 4) is 0 Å². The van der Waals surface area contributed by atoms with Crippen molar-refractivity contribution >= 4 is 27.4 Å². The molecule has 0 saturated carbocycles.